The summed E-state index contributed by atoms with van der Waals surface area (Å²) in [6, 6.07) is 11.5. The van der Waals surface area contributed by atoms with Crippen molar-refractivity contribution in [2.75, 3.05) is 17.7 Å². The highest BCUT2D eigenvalue weighted by atomic mass is 32.2. The van der Waals surface area contributed by atoms with E-state index in [0.717, 1.165) is 39.9 Å². The molecule has 0 unspecified atom stereocenters. The SMILES string of the molecule is CCOc1ccc(NC(=O)CSC2=NC3(CCCC3)N=C2c2cccs2)cc1. The number of nitrogens with one attached hydrogen (secondary N) is 1. The molecule has 2 heterocycles. The first-order valence-electron chi connectivity index (χ1n) is 9.57. The van der Waals surface area contributed by atoms with Crippen LogP contribution in [0.5, 0.6) is 5.75 Å². The van der Waals surface area contributed by atoms with Crippen molar-refractivity contribution in [2.45, 2.75) is 38.3 Å². The molecule has 1 spiro atoms. The van der Waals surface area contributed by atoms with E-state index in [1.54, 1.807) is 11.3 Å². The number of thioether (sulfide) groups is 1. The van der Waals surface area contributed by atoms with Crippen molar-refractivity contribution in [3.63, 3.8) is 0 Å². The van der Waals surface area contributed by atoms with E-state index < -0.39 is 0 Å². The molecule has 0 bridgehead atoms. The Kier molecular flexibility index (Phi) is 5.82. The van der Waals surface area contributed by atoms with Gasteiger partial charge < -0.3 is 10.1 Å². The predicted molar refractivity (Wildman–Crippen MR) is 118 cm³/mol. The van der Waals surface area contributed by atoms with Crippen LogP contribution < -0.4 is 10.1 Å². The molecule has 146 valence electrons. The summed E-state index contributed by atoms with van der Waals surface area (Å²) >= 11 is 3.15. The first kappa shape index (κ1) is 19.2. The summed E-state index contributed by atoms with van der Waals surface area (Å²) in [7, 11) is 0. The minimum absolute atomic E-state index is 0.0465. The molecule has 1 aliphatic heterocycles. The highest BCUT2D eigenvalue weighted by Gasteiger charge is 2.39. The number of ether oxygens (including phenoxy) is 1. The molecule has 2 aliphatic rings. The van der Waals surface area contributed by atoms with Crippen LogP contribution in [0.1, 0.15) is 37.5 Å². The lowest BCUT2D eigenvalue weighted by molar-refractivity contribution is -0.113. The van der Waals surface area contributed by atoms with Gasteiger partial charge in [0.15, 0.2) is 5.66 Å². The van der Waals surface area contributed by atoms with Gasteiger partial charge in [0.25, 0.3) is 0 Å². The van der Waals surface area contributed by atoms with Crippen LogP contribution in [0.25, 0.3) is 0 Å². The number of aliphatic imine (C=N–C) groups is 2. The van der Waals surface area contributed by atoms with Gasteiger partial charge in [-0.25, -0.2) is 4.99 Å². The third-order valence-electron chi connectivity index (χ3n) is 4.78. The van der Waals surface area contributed by atoms with Crippen LogP contribution in [-0.2, 0) is 4.79 Å². The fourth-order valence-electron chi connectivity index (χ4n) is 3.49. The Bertz CT molecular complexity index is 883. The summed E-state index contributed by atoms with van der Waals surface area (Å²) in [5.41, 5.74) is 1.44. The number of nitrogens with zero attached hydrogens (tertiary/aromatic N) is 2. The predicted octanol–water partition coefficient (Wildman–Crippen LogP) is 4.99. The maximum atomic E-state index is 12.4. The minimum atomic E-state index is -0.284. The van der Waals surface area contributed by atoms with E-state index in [2.05, 4.69) is 16.8 Å². The fourth-order valence-corrected chi connectivity index (χ4v) is 5.14. The monoisotopic (exact) mass is 413 g/mol. The van der Waals surface area contributed by atoms with Crippen LogP contribution in [0.15, 0.2) is 51.8 Å². The molecule has 1 aromatic carbocycles. The molecule has 1 fully saturated rings. The molecule has 0 radical (unpaired) electrons. The maximum Gasteiger partial charge on any atom is 0.234 e. The molecule has 0 saturated heterocycles. The molecule has 1 N–H and O–H groups in total. The zero-order valence-electron chi connectivity index (χ0n) is 15.8. The quantitative estimate of drug-likeness (QED) is 0.726. The Morgan fingerprint density at radius 3 is 2.68 bits per heavy atom. The number of hydrogen-bond donors (Lipinski definition) is 1. The Balaban J connectivity index is 1.40. The lowest BCUT2D eigenvalue weighted by Gasteiger charge is -2.14. The second kappa shape index (κ2) is 8.49. The van der Waals surface area contributed by atoms with E-state index in [4.69, 9.17) is 14.7 Å². The van der Waals surface area contributed by atoms with E-state index in [9.17, 15) is 4.79 Å². The molecule has 1 amide bonds. The zero-order valence-corrected chi connectivity index (χ0v) is 17.4. The van der Waals surface area contributed by atoms with Gasteiger partial charge in [-0.1, -0.05) is 17.8 Å². The van der Waals surface area contributed by atoms with Crippen molar-refractivity contribution in [2.24, 2.45) is 9.98 Å². The van der Waals surface area contributed by atoms with Crippen molar-refractivity contribution in [1.29, 1.82) is 0 Å². The van der Waals surface area contributed by atoms with Gasteiger partial charge in [-0.3, -0.25) is 9.79 Å². The molecule has 7 heteroatoms. The second-order valence-electron chi connectivity index (χ2n) is 6.84. The average Bonchev–Trinajstić information content (AvgIpc) is 3.44. The van der Waals surface area contributed by atoms with E-state index in [-0.39, 0.29) is 11.6 Å². The second-order valence-corrected chi connectivity index (χ2v) is 8.75. The molecule has 1 saturated carbocycles. The lowest BCUT2D eigenvalue weighted by Crippen LogP contribution is -2.17. The van der Waals surface area contributed by atoms with Crippen LogP contribution in [-0.4, -0.2) is 34.7 Å². The Morgan fingerprint density at radius 2 is 2.00 bits per heavy atom. The number of benzene rings is 1. The first-order valence-corrected chi connectivity index (χ1v) is 11.4. The van der Waals surface area contributed by atoms with Gasteiger partial charge in [0.1, 0.15) is 16.5 Å². The molecule has 1 aromatic heterocycles. The van der Waals surface area contributed by atoms with Crippen molar-refractivity contribution in [3.8, 4) is 5.75 Å². The highest BCUT2D eigenvalue weighted by molar-refractivity contribution is 8.16. The summed E-state index contributed by atoms with van der Waals surface area (Å²) in [5.74, 6) is 1.07. The van der Waals surface area contributed by atoms with Crippen LogP contribution >= 0.6 is 23.1 Å². The normalized spacial score (nSPS) is 17.5. The number of rotatable bonds is 6. The number of hydrogen-bond acceptors (Lipinski definition) is 6. The zero-order chi connectivity index (χ0) is 19.4. The summed E-state index contributed by atoms with van der Waals surface area (Å²) in [4.78, 5) is 23.5. The van der Waals surface area contributed by atoms with E-state index >= 15 is 0 Å². The minimum Gasteiger partial charge on any atom is -0.494 e. The number of thiophene rings is 1. The highest BCUT2D eigenvalue weighted by Crippen LogP contribution is 2.40. The molecular formula is C21H23N3O2S2. The summed E-state index contributed by atoms with van der Waals surface area (Å²) in [5, 5.41) is 5.89. The maximum absolute atomic E-state index is 12.4. The fraction of sp³-hybridized carbons (Fsp3) is 0.381. The van der Waals surface area contributed by atoms with Gasteiger partial charge in [0.05, 0.1) is 17.2 Å². The lowest BCUT2D eigenvalue weighted by atomic mass is 10.1. The van der Waals surface area contributed by atoms with Gasteiger partial charge in [0.2, 0.25) is 5.91 Å². The average molecular weight is 414 g/mol. The van der Waals surface area contributed by atoms with Crippen LogP contribution in [0.2, 0.25) is 0 Å². The third kappa shape index (κ3) is 4.31. The smallest absolute Gasteiger partial charge is 0.234 e. The number of carbonyl (C=O) groups is 1. The first-order chi connectivity index (χ1) is 13.7. The van der Waals surface area contributed by atoms with E-state index in [1.165, 1.54) is 24.6 Å². The Morgan fingerprint density at radius 1 is 1.21 bits per heavy atom. The van der Waals surface area contributed by atoms with Crippen molar-refractivity contribution < 1.29 is 9.53 Å². The van der Waals surface area contributed by atoms with Crippen LogP contribution in [0.3, 0.4) is 0 Å². The standard InChI is InChI=1S/C21H23N3O2S2/c1-2-26-16-9-7-15(8-10-16)22-18(25)14-28-20-19(17-6-5-13-27-17)23-21(24-20)11-3-4-12-21/h5-10,13H,2-4,11-12,14H2,1H3,(H,22,25). The van der Waals surface area contributed by atoms with Crippen LogP contribution in [0, 0.1) is 0 Å². The summed E-state index contributed by atoms with van der Waals surface area (Å²) in [6.45, 7) is 2.57. The number of amides is 1. The summed E-state index contributed by atoms with van der Waals surface area (Å²) in [6.07, 6.45) is 4.34. The van der Waals surface area contributed by atoms with Crippen molar-refractivity contribution in [1.82, 2.24) is 0 Å². The molecule has 2 aromatic rings. The molecule has 28 heavy (non-hydrogen) atoms. The largest absolute Gasteiger partial charge is 0.494 e. The Hall–Kier alpha value is -2.12. The molecule has 4 rings (SSSR count). The van der Waals surface area contributed by atoms with Gasteiger partial charge in [-0.15, -0.1) is 11.3 Å². The third-order valence-corrected chi connectivity index (χ3v) is 6.62. The topological polar surface area (TPSA) is 63.0 Å². The molecule has 0 atom stereocenters. The number of anilines is 1. The number of carbonyl (C=O) groups excluding carboxylic acids is 1. The van der Waals surface area contributed by atoms with Gasteiger partial charge in [-0.05, 0) is 68.3 Å². The van der Waals surface area contributed by atoms with Gasteiger partial charge in [-0.2, -0.15) is 0 Å². The van der Waals surface area contributed by atoms with Gasteiger partial charge >= 0.3 is 0 Å². The summed E-state index contributed by atoms with van der Waals surface area (Å²) < 4.78 is 5.43. The molecule has 5 nitrogen and oxygen atoms in total. The van der Waals surface area contributed by atoms with E-state index in [1.807, 2.05) is 37.3 Å². The molecular weight excluding hydrogens is 390 g/mol. The van der Waals surface area contributed by atoms with Gasteiger partial charge in [0, 0.05) is 5.69 Å². The van der Waals surface area contributed by atoms with E-state index in [0.29, 0.717) is 12.4 Å². The molecule has 1 aliphatic carbocycles. The van der Waals surface area contributed by atoms with Crippen LogP contribution in [0.4, 0.5) is 5.69 Å². The van der Waals surface area contributed by atoms with Crippen molar-refractivity contribution >= 4 is 45.4 Å². The van der Waals surface area contributed by atoms with Crippen molar-refractivity contribution in [3.05, 3.63) is 46.7 Å². The Labute approximate surface area is 173 Å².